The van der Waals surface area contributed by atoms with Crippen LogP contribution in [0, 0.1) is 10.1 Å². The zero-order valence-electron chi connectivity index (χ0n) is 19.3. The topological polar surface area (TPSA) is 93.9 Å². The highest BCUT2D eigenvalue weighted by Crippen LogP contribution is 2.38. The molecule has 1 saturated heterocycles. The molecular weight excluding hydrogens is 525 g/mol. The van der Waals surface area contributed by atoms with Crippen LogP contribution in [0.25, 0.3) is 0 Å². The smallest absolute Gasteiger partial charge is 0.337 e. The SMILES string of the molecule is COC(=O)c1ccc(N2CCOCC2)c(NCc2ccc(Sc3ccc(Cl)c(Cl)c3)c([N+](=O)[O-])c2)c1. The van der Waals surface area contributed by atoms with Crippen molar-refractivity contribution in [1.29, 1.82) is 0 Å². The van der Waals surface area contributed by atoms with E-state index in [0.717, 1.165) is 34.9 Å². The van der Waals surface area contributed by atoms with Gasteiger partial charge in [-0.25, -0.2) is 4.79 Å². The molecule has 36 heavy (non-hydrogen) atoms. The van der Waals surface area contributed by atoms with Crippen LogP contribution in [0.2, 0.25) is 10.0 Å². The first-order valence-corrected chi connectivity index (χ1v) is 12.6. The van der Waals surface area contributed by atoms with Crippen molar-refractivity contribution in [2.45, 2.75) is 16.3 Å². The zero-order chi connectivity index (χ0) is 25.7. The molecule has 188 valence electrons. The van der Waals surface area contributed by atoms with Crippen LogP contribution in [0.3, 0.4) is 0 Å². The summed E-state index contributed by atoms with van der Waals surface area (Å²) >= 11 is 13.3. The minimum absolute atomic E-state index is 0.0120. The normalized spacial score (nSPS) is 13.4. The maximum Gasteiger partial charge on any atom is 0.337 e. The van der Waals surface area contributed by atoms with Crippen LogP contribution in [0.1, 0.15) is 15.9 Å². The highest BCUT2D eigenvalue weighted by molar-refractivity contribution is 7.99. The van der Waals surface area contributed by atoms with Crippen molar-refractivity contribution in [1.82, 2.24) is 0 Å². The largest absolute Gasteiger partial charge is 0.465 e. The number of carbonyl (C=O) groups is 1. The van der Waals surface area contributed by atoms with Gasteiger partial charge in [0.2, 0.25) is 0 Å². The average Bonchev–Trinajstić information content (AvgIpc) is 2.90. The molecule has 0 aliphatic carbocycles. The van der Waals surface area contributed by atoms with Gasteiger partial charge in [-0.15, -0.1) is 0 Å². The minimum Gasteiger partial charge on any atom is -0.465 e. The number of morpholine rings is 1. The predicted octanol–water partition coefficient (Wildman–Crippen LogP) is 6.29. The van der Waals surface area contributed by atoms with Crippen LogP contribution < -0.4 is 10.2 Å². The first kappa shape index (κ1) is 26.1. The van der Waals surface area contributed by atoms with E-state index in [0.29, 0.717) is 40.3 Å². The Morgan fingerprint density at radius 2 is 1.89 bits per heavy atom. The first-order chi connectivity index (χ1) is 17.4. The van der Waals surface area contributed by atoms with Crippen LogP contribution in [-0.2, 0) is 16.0 Å². The third kappa shape index (κ3) is 6.22. The first-order valence-electron chi connectivity index (χ1n) is 11.0. The van der Waals surface area contributed by atoms with E-state index >= 15 is 0 Å². The third-order valence-electron chi connectivity index (χ3n) is 5.59. The molecule has 11 heteroatoms. The molecule has 1 heterocycles. The summed E-state index contributed by atoms with van der Waals surface area (Å²) in [5.41, 5.74) is 2.78. The molecule has 1 aliphatic rings. The Labute approximate surface area is 222 Å². The standard InChI is InChI=1S/C25H23Cl2N3O5S/c1-34-25(31)17-3-6-22(29-8-10-35-11-9-29)21(13-17)28-15-16-2-7-24(23(12-16)30(32)33)36-18-4-5-19(26)20(27)14-18/h2-7,12-14,28H,8-11,15H2,1H3. The number of anilines is 2. The summed E-state index contributed by atoms with van der Waals surface area (Å²) in [6.45, 7) is 2.99. The summed E-state index contributed by atoms with van der Waals surface area (Å²) < 4.78 is 10.3. The summed E-state index contributed by atoms with van der Waals surface area (Å²) in [5, 5.41) is 16.0. The van der Waals surface area contributed by atoms with E-state index < -0.39 is 10.9 Å². The van der Waals surface area contributed by atoms with Gasteiger partial charge in [0.05, 0.1) is 57.1 Å². The number of rotatable bonds is 8. The Morgan fingerprint density at radius 1 is 1.11 bits per heavy atom. The number of hydrogen-bond donors (Lipinski definition) is 1. The zero-order valence-corrected chi connectivity index (χ0v) is 21.7. The third-order valence-corrected chi connectivity index (χ3v) is 7.39. The number of nitro benzene ring substituents is 1. The number of ether oxygens (including phenoxy) is 2. The lowest BCUT2D eigenvalue weighted by Crippen LogP contribution is -2.36. The fourth-order valence-corrected chi connectivity index (χ4v) is 5.07. The summed E-state index contributed by atoms with van der Waals surface area (Å²) in [7, 11) is 1.34. The van der Waals surface area contributed by atoms with E-state index in [1.165, 1.54) is 18.9 Å². The van der Waals surface area contributed by atoms with Crippen molar-refractivity contribution >= 4 is 58.0 Å². The number of nitro groups is 1. The van der Waals surface area contributed by atoms with E-state index in [2.05, 4.69) is 10.2 Å². The van der Waals surface area contributed by atoms with Gasteiger partial charge in [0.15, 0.2) is 0 Å². The highest BCUT2D eigenvalue weighted by Gasteiger charge is 2.19. The van der Waals surface area contributed by atoms with Crippen molar-refractivity contribution in [3.63, 3.8) is 0 Å². The molecule has 1 N–H and O–H groups in total. The van der Waals surface area contributed by atoms with Crippen molar-refractivity contribution in [3.05, 3.63) is 85.9 Å². The molecule has 0 spiro atoms. The van der Waals surface area contributed by atoms with Gasteiger partial charge in [-0.2, -0.15) is 0 Å². The summed E-state index contributed by atoms with van der Waals surface area (Å²) in [6.07, 6.45) is 0. The number of esters is 1. The molecule has 4 rings (SSSR count). The fourth-order valence-electron chi connectivity index (χ4n) is 3.77. The number of nitrogens with one attached hydrogen (secondary N) is 1. The van der Waals surface area contributed by atoms with Gasteiger partial charge >= 0.3 is 5.97 Å². The second-order valence-corrected chi connectivity index (χ2v) is 9.84. The quantitative estimate of drug-likeness (QED) is 0.200. The summed E-state index contributed by atoms with van der Waals surface area (Å²) in [4.78, 5) is 26.9. The maximum absolute atomic E-state index is 12.1. The van der Waals surface area contributed by atoms with Crippen molar-refractivity contribution in [2.75, 3.05) is 43.6 Å². The van der Waals surface area contributed by atoms with Crippen molar-refractivity contribution < 1.29 is 19.2 Å². The van der Waals surface area contributed by atoms with Crippen LogP contribution in [0.15, 0.2) is 64.4 Å². The highest BCUT2D eigenvalue weighted by atomic mass is 35.5. The summed E-state index contributed by atoms with van der Waals surface area (Å²) in [6, 6.07) is 15.5. The second-order valence-electron chi connectivity index (χ2n) is 7.91. The van der Waals surface area contributed by atoms with Gasteiger partial charge in [-0.05, 0) is 48.0 Å². The molecule has 0 radical (unpaired) electrons. The molecule has 0 saturated carbocycles. The Kier molecular flexibility index (Phi) is 8.58. The lowest BCUT2D eigenvalue weighted by atomic mass is 10.1. The molecule has 0 unspecified atom stereocenters. The molecule has 8 nitrogen and oxygen atoms in total. The molecule has 0 aromatic heterocycles. The summed E-state index contributed by atoms with van der Waals surface area (Å²) in [5.74, 6) is -0.439. The minimum atomic E-state index is -0.439. The van der Waals surface area contributed by atoms with Gasteiger partial charge in [0, 0.05) is 30.6 Å². The van der Waals surface area contributed by atoms with Gasteiger partial charge in [-0.3, -0.25) is 10.1 Å². The number of carbonyl (C=O) groups excluding carboxylic acids is 1. The van der Waals surface area contributed by atoms with Crippen LogP contribution in [0.5, 0.6) is 0 Å². The Bertz CT molecular complexity index is 1280. The predicted molar refractivity (Wildman–Crippen MR) is 142 cm³/mol. The lowest BCUT2D eigenvalue weighted by Gasteiger charge is -2.31. The molecule has 0 amide bonds. The number of benzene rings is 3. The van der Waals surface area contributed by atoms with E-state index in [4.69, 9.17) is 32.7 Å². The van der Waals surface area contributed by atoms with Gasteiger partial charge in [0.1, 0.15) is 0 Å². The molecule has 1 fully saturated rings. The van der Waals surface area contributed by atoms with Crippen molar-refractivity contribution in [2.24, 2.45) is 0 Å². The van der Waals surface area contributed by atoms with E-state index in [1.807, 2.05) is 12.1 Å². The lowest BCUT2D eigenvalue weighted by molar-refractivity contribution is -0.387. The van der Waals surface area contributed by atoms with Crippen molar-refractivity contribution in [3.8, 4) is 0 Å². The Balaban J connectivity index is 1.57. The average molecular weight is 548 g/mol. The number of halogens is 2. The van der Waals surface area contributed by atoms with E-state index in [9.17, 15) is 14.9 Å². The van der Waals surface area contributed by atoms with Crippen LogP contribution in [0.4, 0.5) is 17.1 Å². The number of hydrogen-bond acceptors (Lipinski definition) is 8. The Hall–Kier alpha value is -2.98. The van der Waals surface area contributed by atoms with E-state index in [1.54, 1.807) is 42.5 Å². The van der Waals surface area contributed by atoms with Gasteiger partial charge < -0.3 is 19.7 Å². The number of methoxy groups -OCH3 is 1. The molecule has 0 atom stereocenters. The molecule has 0 bridgehead atoms. The maximum atomic E-state index is 12.1. The second kappa shape index (κ2) is 11.8. The van der Waals surface area contributed by atoms with Crippen LogP contribution in [-0.4, -0.2) is 44.3 Å². The Morgan fingerprint density at radius 3 is 2.58 bits per heavy atom. The van der Waals surface area contributed by atoms with Gasteiger partial charge in [-0.1, -0.05) is 41.0 Å². The molecular formula is C25H23Cl2N3O5S. The van der Waals surface area contributed by atoms with Gasteiger partial charge in [0.25, 0.3) is 5.69 Å². The molecule has 3 aromatic rings. The fraction of sp³-hybridized carbons (Fsp3) is 0.240. The monoisotopic (exact) mass is 547 g/mol. The molecule has 1 aliphatic heterocycles. The van der Waals surface area contributed by atoms with E-state index in [-0.39, 0.29) is 5.69 Å². The van der Waals surface area contributed by atoms with Crippen LogP contribution >= 0.6 is 35.0 Å². The molecule has 3 aromatic carbocycles. The number of nitrogens with zero attached hydrogens (tertiary/aromatic N) is 2.